The monoisotopic (exact) mass is 1780 g/mol. The number of nitrogens with two attached hydrogens (primary N) is 3. The van der Waals surface area contributed by atoms with Gasteiger partial charge in [0.2, 0.25) is 82.7 Å². The highest BCUT2D eigenvalue weighted by Gasteiger charge is 2.40. The number of phenolic OH excluding ortho intramolecular Hbond substituents is 1. The Hall–Kier alpha value is -13.4. The third kappa shape index (κ3) is 39.6. The zero-order valence-corrected chi connectivity index (χ0v) is 69.7. The number of thiol groups is 1. The smallest absolute Gasteiger partial charge is 0.326 e. The minimum absolute atomic E-state index is 0.0216. The van der Waals surface area contributed by atoms with Crippen LogP contribution in [0.4, 0.5) is 0 Å². The molecule has 45 nitrogen and oxygen atoms in total. The van der Waals surface area contributed by atoms with Crippen molar-refractivity contribution in [3.05, 3.63) is 102 Å². The Morgan fingerprint density at radius 2 is 0.640 bits per heavy atom. The zero-order valence-electron chi connectivity index (χ0n) is 68.8. The lowest BCUT2D eigenvalue weighted by Gasteiger charge is -2.30. The number of unbranched alkanes of at least 4 members (excludes halogenated alkanes) is 1. The molecule has 3 rings (SSSR count). The Morgan fingerprint density at radius 3 is 1.02 bits per heavy atom. The summed E-state index contributed by atoms with van der Waals surface area (Å²) in [4.78, 5) is 280. The molecule has 0 heterocycles. The van der Waals surface area contributed by atoms with Gasteiger partial charge in [0.25, 0.3) is 0 Å². The van der Waals surface area contributed by atoms with Crippen LogP contribution in [0.2, 0.25) is 0 Å². The fourth-order valence-corrected chi connectivity index (χ4v) is 12.3. The van der Waals surface area contributed by atoms with E-state index in [1.54, 1.807) is 55.6 Å². The molecule has 0 aromatic heterocycles. The van der Waals surface area contributed by atoms with Gasteiger partial charge in [-0.05, 0) is 98.6 Å². The standard InChI is InChI=1S/C79H110N16O29S/c1-5-40(4)65(95-75(119)52(34-43-19-21-44(96)22-20-43)88-66(110)45(81)32-41-14-8-6-9-15-41)78(122)93-56(38-125)76(120)87-50(26-30-60(102)103)71(115)94-64(39(2)3)77(121)91-51(33-42-16-10-7-11-17-42)72(116)90-53(35-61(104)105)73(117)86-47(23-27-57(82)97)68(112)83-46(18-12-13-31-80)67(111)84-48(24-28-58(98)99)69(113)85-49(25-29-59(100)101)70(114)89-54(36-62(106)107)74(118)92-55(79(123)124)37-63(108)109/h6-11,14-17,19-22,39-40,45-56,64-65,96,125H,5,12-13,18,23-38,80-81H2,1-4H3,(H2,82,97)(H,83,112)(H,84,111)(H,85,113)(H,86,117)(H,87,120)(H,88,110)(H,89,114)(H,90,116)(H,91,121)(H,92,118)(H,93,122)(H,94,115)(H,95,119)(H,98,99)(H,100,101)(H,102,103)(H,104,105)(H,106,107)(H,108,109)(H,123,124)/t40-,45-,46-,47-,48-,49-,50-,51-,52-,53-,54-,55-,56-,64-,65-/m0/s1. The van der Waals surface area contributed by atoms with Gasteiger partial charge < -0.3 is 127 Å². The number of carbonyl (C=O) groups is 21. The number of benzene rings is 3. The maximum atomic E-state index is 14.7. The van der Waals surface area contributed by atoms with Crippen LogP contribution >= 0.6 is 12.6 Å². The minimum atomic E-state index is -2.23. The first-order valence-electron chi connectivity index (χ1n) is 39.6. The minimum Gasteiger partial charge on any atom is -0.508 e. The van der Waals surface area contributed by atoms with E-state index in [4.69, 9.17) is 22.3 Å². The molecule has 0 aliphatic carbocycles. The van der Waals surface area contributed by atoms with Gasteiger partial charge in [-0.2, -0.15) is 12.6 Å². The lowest BCUT2D eigenvalue weighted by molar-refractivity contribution is -0.148. The second kappa shape index (κ2) is 54.2. The largest absolute Gasteiger partial charge is 0.508 e. The molecule has 0 saturated heterocycles. The first kappa shape index (κ1) is 106. The van der Waals surface area contributed by atoms with Crippen molar-refractivity contribution in [2.45, 2.75) is 228 Å². The first-order valence-corrected chi connectivity index (χ1v) is 40.2. The zero-order chi connectivity index (χ0) is 93.9. The number of aliphatic carboxylic acids is 7. The number of nitrogens with one attached hydrogen (secondary N) is 13. The van der Waals surface area contributed by atoms with Crippen molar-refractivity contribution in [1.29, 1.82) is 0 Å². The Morgan fingerprint density at radius 1 is 0.336 bits per heavy atom. The van der Waals surface area contributed by atoms with Crippen molar-refractivity contribution in [3.63, 3.8) is 0 Å². The molecule has 14 amide bonds. The van der Waals surface area contributed by atoms with Crippen LogP contribution in [0.3, 0.4) is 0 Å². The van der Waals surface area contributed by atoms with Crippen molar-refractivity contribution in [2.24, 2.45) is 29.0 Å². The summed E-state index contributed by atoms with van der Waals surface area (Å²) in [7, 11) is 0. The average molecular weight is 1780 g/mol. The number of aromatic hydroxyl groups is 1. The van der Waals surface area contributed by atoms with Gasteiger partial charge in [0.15, 0.2) is 0 Å². The second-order valence-corrected chi connectivity index (χ2v) is 29.9. The topological polar surface area (TPSA) is 755 Å². The predicted molar refractivity (Wildman–Crippen MR) is 440 cm³/mol. The van der Waals surface area contributed by atoms with E-state index in [1.165, 1.54) is 62.4 Å². The summed E-state index contributed by atoms with van der Waals surface area (Å²) in [6.07, 6.45) is -10.9. The molecule has 0 radical (unpaired) electrons. The van der Waals surface area contributed by atoms with E-state index in [1.807, 2.05) is 5.32 Å². The Labute approximate surface area is 721 Å². The molecule has 27 N–H and O–H groups in total. The number of phenols is 1. The molecule has 46 heteroatoms. The van der Waals surface area contributed by atoms with Crippen LogP contribution < -0.4 is 86.3 Å². The highest BCUT2D eigenvalue weighted by molar-refractivity contribution is 7.80. The number of hydrogen-bond acceptors (Lipinski definition) is 25. The van der Waals surface area contributed by atoms with Crippen LogP contribution in [0.5, 0.6) is 5.75 Å². The van der Waals surface area contributed by atoms with Crippen LogP contribution in [0.1, 0.15) is 141 Å². The number of carbonyl (C=O) groups excluding carboxylic acids is 14. The number of primary amides is 1. The first-order chi connectivity index (χ1) is 58.9. The van der Waals surface area contributed by atoms with Gasteiger partial charge >= 0.3 is 41.8 Å². The van der Waals surface area contributed by atoms with E-state index < -0.39 is 310 Å². The Bertz CT molecular complexity index is 4280. The van der Waals surface area contributed by atoms with Crippen molar-refractivity contribution in [3.8, 4) is 5.75 Å². The summed E-state index contributed by atoms with van der Waals surface area (Å²) >= 11 is 4.27. The fraction of sp³-hybridized carbons (Fsp3) is 0.506. The van der Waals surface area contributed by atoms with E-state index >= 15 is 0 Å². The lowest BCUT2D eigenvalue weighted by Crippen LogP contribution is -2.62. The summed E-state index contributed by atoms with van der Waals surface area (Å²) in [5.74, 6) is -31.0. The van der Waals surface area contributed by atoms with Gasteiger partial charge in [0.1, 0.15) is 84.3 Å². The average Bonchev–Trinajstić information content (AvgIpc) is 0.850. The van der Waals surface area contributed by atoms with Gasteiger partial charge in [-0.3, -0.25) is 95.9 Å². The van der Waals surface area contributed by atoms with E-state index in [9.17, 15) is 136 Å². The van der Waals surface area contributed by atoms with Gasteiger partial charge in [-0.1, -0.05) is 107 Å². The third-order valence-corrected chi connectivity index (χ3v) is 19.5. The van der Waals surface area contributed by atoms with Crippen LogP contribution in [0.15, 0.2) is 84.9 Å². The van der Waals surface area contributed by atoms with Gasteiger partial charge in [0, 0.05) is 44.3 Å². The lowest BCUT2D eigenvalue weighted by atomic mass is 9.96. The summed E-state index contributed by atoms with van der Waals surface area (Å²) in [5, 5.41) is 107. The van der Waals surface area contributed by atoms with Gasteiger partial charge in [-0.25, -0.2) is 4.79 Å². The molecule has 0 bridgehead atoms. The number of hydrogen-bond donors (Lipinski definition) is 25. The Kier molecular flexibility index (Phi) is 45.8. The number of amides is 14. The molecule has 0 aliphatic rings. The van der Waals surface area contributed by atoms with Crippen molar-refractivity contribution in [2.75, 3.05) is 12.3 Å². The van der Waals surface area contributed by atoms with E-state index in [0.717, 1.165) is 5.56 Å². The summed E-state index contributed by atoms with van der Waals surface area (Å²) in [5.41, 5.74) is 19.0. The molecular weight excluding hydrogens is 1670 g/mol. The highest BCUT2D eigenvalue weighted by atomic mass is 32.1. The third-order valence-electron chi connectivity index (χ3n) is 19.2. The fourth-order valence-electron chi connectivity index (χ4n) is 12.1. The molecule has 0 aliphatic heterocycles. The molecule has 125 heavy (non-hydrogen) atoms. The van der Waals surface area contributed by atoms with Crippen LogP contribution in [-0.2, 0) is 120 Å². The number of carboxylic acids is 7. The maximum absolute atomic E-state index is 14.7. The van der Waals surface area contributed by atoms with Crippen LogP contribution in [0.25, 0.3) is 0 Å². The van der Waals surface area contributed by atoms with E-state index in [-0.39, 0.29) is 44.4 Å². The molecule has 3 aromatic rings. The number of carboxylic acid groups (broad SMARTS) is 7. The normalized spacial score (nSPS) is 14.6. The molecule has 15 atom stereocenters. The number of rotatable bonds is 59. The predicted octanol–water partition coefficient (Wildman–Crippen LogP) is -4.82. The van der Waals surface area contributed by atoms with E-state index in [0.29, 0.717) is 11.1 Å². The van der Waals surface area contributed by atoms with Crippen molar-refractivity contribution in [1.82, 2.24) is 69.1 Å². The summed E-state index contributed by atoms with van der Waals surface area (Å²) in [6, 6.07) is -3.28. The second-order valence-electron chi connectivity index (χ2n) is 29.5. The van der Waals surface area contributed by atoms with Crippen molar-refractivity contribution < 1.29 is 142 Å². The van der Waals surface area contributed by atoms with Crippen LogP contribution in [-0.4, -0.2) is 262 Å². The quantitative estimate of drug-likeness (QED) is 0.0186. The molecule has 686 valence electrons. The SMILES string of the molecule is CC[C@H](C)[C@H](NC(=O)[C@H](Cc1ccc(O)cc1)NC(=O)[C@@H](N)Cc1ccccc1)C(=O)N[C@@H](CS)C(=O)N[C@@H](CCC(=O)O)C(=O)N[C@H](C(=O)N[C@@H](Cc1ccccc1)C(=O)N[C@@H](CC(=O)O)C(=O)N[C@@H](CCC(N)=O)C(=O)N[C@@H](CCCCN)C(=O)N[C@@H](CCC(=O)O)C(=O)N[C@@H](CCC(=O)O)C(=O)N[C@@H](CC(=O)O)C(=O)N[C@@H](CC(=O)O)C(=O)O)C(C)C. The van der Waals surface area contributed by atoms with Crippen molar-refractivity contribution >= 4 is 137 Å². The van der Waals surface area contributed by atoms with Gasteiger partial charge in [0.05, 0.1) is 25.3 Å². The van der Waals surface area contributed by atoms with E-state index in [2.05, 4.69) is 71.1 Å². The Balaban J connectivity index is 1.99. The highest BCUT2D eigenvalue weighted by Crippen LogP contribution is 2.18. The maximum Gasteiger partial charge on any atom is 0.326 e. The molecule has 0 saturated carbocycles. The molecule has 0 spiro atoms. The summed E-state index contributed by atoms with van der Waals surface area (Å²) < 4.78 is 0. The van der Waals surface area contributed by atoms with Crippen LogP contribution in [0, 0.1) is 11.8 Å². The molecule has 0 unspecified atom stereocenters. The van der Waals surface area contributed by atoms with Gasteiger partial charge in [-0.15, -0.1) is 0 Å². The summed E-state index contributed by atoms with van der Waals surface area (Å²) in [6.45, 7) is 6.15. The molecule has 3 aromatic carbocycles. The molecular formula is C79H110N16O29S. The molecule has 0 fully saturated rings.